The fraction of sp³-hybridized carbons (Fsp3) is 0.562. The average Bonchev–Trinajstić information content (AvgIpc) is 3.08. The highest BCUT2D eigenvalue weighted by atomic mass is 19.4. The Morgan fingerprint density at radius 1 is 1.28 bits per heavy atom. The molecule has 2 aromatic rings. The molecule has 1 aliphatic heterocycles. The Balaban J connectivity index is 1.84. The molecular weight excluding hydrogens is 335 g/mol. The van der Waals surface area contributed by atoms with E-state index in [2.05, 4.69) is 20.5 Å². The van der Waals surface area contributed by atoms with Crippen LogP contribution >= 0.6 is 0 Å². The Kier molecular flexibility index (Phi) is 5.22. The van der Waals surface area contributed by atoms with Crippen LogP contribution in [0.2, 0.25) is 0 Å². The molecule has 1 aliphatic rings. The zero-order chi connectivity index (χ0) is 17.9. The van der Waals surface area contributed by atoms with Crippen LogP contribution in [0.4, 0.5) is 19.0 Å². The van der Waals surface area contributed by atoms with Crippen molar-refractivity contribution in [3.8, 4) is 0 Å². The summed E-state index contributed by atoms with van der Waals surface area (Å²) in [6, 6.07) is 2.08. The molecule has 25 heavy (non-hydrogen) atoms. The molecule has 0 amide bonds. The molecule has 3 heterocycles. The molecule has 9 heteroatoms. The van der Waals surface area contributed by atoms with E-state index in [9.17, 15) is 13.2 Å². The van der Waals surface area contributed by atoms with Crippen molar-refractivity contribution in [1.29, 1.82) is 0 Å². The van der Waals surface area contributed by atoms with Crippen molar-refractivity contribution >= 4 is 5.82 Å². The number of aryl methyl sites for hydroxylation is 1. The Morgan fingerprint density at radius 3 is 2.64 bits per heavy atom. The number of hydrogen-bond acceptors (Lipinski definition) is 5. The summed E-state index contributed by atoms with van der Waals surface area (Å²) in [5, 5.41) is 10.2. The summed E-state index contributed by atoms with van der Waals surface area (Å²) < 4.78 is 45.4. The maximum Gasteiger partial charge on any atom is 0.435 e. The van der Waals surface area contributed by atoms with E-state index in [0.29, 0.717) is 19.0 Å². The smallest absolute Gasteiger partial charge is 0.381 e. The van der Waals surface area contributed by atoms with Crippen molar-refractivity contribution in [2.45, 2.75) is 38.5 Å². The summed E-state index contributed by atoms with van der Waals surface area (Å²) >= 11 is 0. The monoisotopic (exact) mass is 355 g/mol. The Bertz CT molecular complexity index is 680. The van der Waals surface area contributed by atoms with Crippen LogP contribution in [0.1, 0.15) is 37.3 Å². The molecule has 0 saturated carbocycles. The van der Waals surface area contributed by atoms with Crippen molar-refractivity contribution in [3.63, 3.8) is 0 Å². The molecule has 1 fully saturated rings. The fourth-order valence-corrected chi connectivity index (χ4v) is 3.03. The van der Waals surface area contributed by atoms with Crippen LogP contribution in [-0.4, -0.2) is 33.0 Å². The van der Waals surface area contributed by atoms with Gasteiger partial charge in [-0.1, -0.05) is 0 Å². The zero-order valence-corrected chi connectivity index (χ0v) is 13.8. The van der Waals surface area contributed by atoms with Gasteiger partial charge >= 0.3 is 6.18 Å². The van der Waals surface area contributed by atoms with Crippen molar-refractivity contribution in [3.05, 3.63) is 36.0 Å². The summed E-state index contributed by atoms with van der Waals surface area (Å²) in [5.41, 5.74) is -1.00. The van der Waals surface area contributed by atoms with E-state index >= 15 is 0 Å². The molecule has 0 spiro atoms. The second-order valence-electron chi connectivity index (χ2n) is 5.94. The van der Waals surface area contributed by atoms with Gasteiger partial charge in [0, 0.05) is 32.2 Å². The van der Waals surface area contributed by atoms with Gasteiger partial charge in [-0.3, -0.25) is 0 Å². The molecular formula is C16H20F3N5O. The van der Waals surface area contributed by atoms with Crippen LogP contribution in [0, 0.1) is 5.92 Å². The van der Waals surface area contributed by atoms with E-state index in [1.807, 2.05) is 17.7 Å². The standard InChI is InChI=1S/C16H20F3N5O/c1-2-24-8-7-20-15(24)14(11-5-9-25-10-6-11)21-13-4-3-12(22-23-13)16(17,18)19/h3-4,7-8,11,14H,2,5-6,9-10H2,1H3,(H,21,23)/t14-/m1/s1. The highest BCUT2D eigenvalue weighted by molar-refractivity contribution is 5.36. The molecule has 3 rings (SSSR count). The highest BCUT2D eigenvalue weighted by Gasteiger charge is 2.33. The van der Waals surface area contributed by atoms with Gasteiger partial charge in [-0.25, -0.2) is 4.98 Å². The first-order chi connectivity index (χ1) is 12.0. The number of nitrogens with zero attached hydrogens (tertiary/aromatic N) is 4. The van der Waals surface area contributed by atoms with Gasteiger partial charge in [-0.05, 0) is 37.8 Å². The van der Waals surface area contributed by atoms with Gasteiger partial charge in [-0.2, -0.15) is 13.2 Å². The molecule has 2 aromatic heterocycles. The number of hydrogen-bond donors (Lipinski definition) is 1. The number of rotatable bonds is 5. The van der Waals surface area contributed by atoms with E-state index in [1.165, 1.54) is 6.07 Å². The third-order valence-corrected chi connectivity index (χ3v) is 4.36. The van der Waals surface area contributed by atoms with Gasteiger partial charge in [0.25, 0.3) is 0 Å². The predicted molar refractivity (Wildman–Crippen MR) is 84.8 cm³/mol. The number of ether oxygens (including phenoxy) is 1. The third kappa shape index (κ3) is 4.09. The minimum Gasteiger partial charge on any atom is -0.381 e. The summed E-state index contributed by atoms with van der Waals surface area (Å²) in [5.74, 6) is 1.40. The van der Waals surface area contributed by atoms with Crippen LogP contribution in [0.5, 0.6) is 0 Å². The van der Waals surface area contributed by atoms with E-state index in [1.54, 1.807) is 6.20 Å². The van der Waals surface area contributed by atoms with Gasteiger partial charge in [0.15, 0.2) is 5.69 Å². The number of alkyl halides is 3. The van der Waals surface area contributed by atoms with E-state index in [0.717, 1.165) is 31.3 Å². The third-order valence-electron chi connectivity index (χ3n) is 4.36. The lowest BCUT2D eigenvalue weighted by Crippen LogP contribution is -2.29. The first kappa shape index (κ1) is 17.7. The molecule has 1 N–H and O–H groups in total. The van der Waals surface area contributed by atoms with Crippen LogP contribution in [0.3, 0.4) is 0 Å². The minimum absolute atomic E-state index is 0.162. The molecule has 0 unspecified atom stereocenters. The SMILES string of the molecule is CCn1ccnc1[C@H](Nc1ccc(C(F)(F)F)nn1)C1CCOCC1. The lowest BCUT2D eigenvalue weighted by atomic mass is 9.91. The fourth-order valence-electron chi connectivity index (χ4n) is 3.03. The van der Waals surface area contributed by atoms with Gasteiger partial charge in [-0.15, -0.1) is 10.2 Å². The lowest BCUT2D eigenvalue weighted by molar-refractivity contribution is -0.141. The topological polar surface area (TPSA) is 64.9 Å². The van der Waals surface area contributed by atoms with Gasteiger partial charge in [0.05, 0.1) is 6.04 Å². The van der Waals surface area contributed by atoms with Crippen molar-refractivity contribution in [1.82, 2.24) is 19.7 Å². The van der Waals surface area contributed by atoms with Crippen LogP contribution < -0.4 is 5.32 Å². The first-order valence-corrected chi connectivity index (χ1v) is 8.25. The molecule has 0 aromatic carbocycles. The Hall–Kier alpha value is -2.16. The van der Waals surface area contributed by atoms with Crippen LogP contribution in [0.15, 0.2) is 24.5 Å². The van der Waals surface area contributed by atoms with Gasteiger partial charge in [0.1, 0.15) is 11.6 Å². The predicted octanol–water partition coefficient (Wildman–Crippen LogP) is 3.29. The molecule has 0 aliphatic carbocycles. The number of imidazole rings is 1. The Labute approximate surface area is 143 Å². The zero-order valence-electron chi connectivity index (χ0n) is 13.8. The first-order valence-electron chi connectivity index (χ1n) is 8.25. The summed E-state index contributed by atoms with van der Waals surface area (Å²) in [6.07, 6.45) is 0.821. The lowest BCUT2D eigenvalue weighted by Gasteiger charge is -2.31. The van der Waals surface area contributed by atoms with Crippen LogP contribution in [0.25, 0.3) is 0 Å². The van der Waals surface area contributed by atoms with Crippen molar-refractivity contribution in [2.24, 2.45) is 5.92 Å². The highest BCUT2D eigenvalue weighted by Crippen LogP contribution is 2.33. The largest absolute Gasteiger partial charge is 0.435 e. The Morgan fingerprint density at radius 2 is 2.04 bits per heavy atom. The van der Waals surface area contributed by atoms with E-state index in [4.69, 9.17) is 4.74 Å². The summed E-state index contributed by atoms with van der Waals surface area (Å²) in [6.45, 7) is 4.10. The van der Waals surface area contributed by atoms with E-state index in [-0.39, 0.29) is 12.0 Å². The maximum absolute atomic E-state index is 12.6. The molecule has 0 radical (unpaired) electrons. The molecule has 0 bridgehead atoms. The minimum atomic E-state index is -4.50. The second-order valence-corrected chi connectivity index (χ2v) is 5.94. The number of anilines is 1. The number of aromatic nitrogens is 4. The molecule has 1 atom stereocenters. The summed E-state index contributed by atoms with van der Waals surface area (Å²) in [7, 11) is 0. The number of halogens is 3. The van der Waals surface area contributed by atoms with Crippen molar-refractivity contribution < 1.29 is 17.9 Å². The molecule has 136 valence electrons. The van der Waals surface area contributed by atoms with Gasteiger partial charge in [0.2, 0.25) is 0 Å². The summed E-state index contributed by atoms with van der Waals surface area (Å²) in [4.78, 5) is 4.45. The molecule has 6 nitrogen and oxygen atoms in total. The van der Waals surface area contributed by atoms with Crippen molar-refractivity contribution in [2.75, 3.05) is 18.5 Å². The molecule has 1 saturated heterocycles. The van der Waals surface area contributed by atoms with E-state index < -0.39 is 11.9 Å². The van der Waals surface area contributed by atoms with Gasteiger partial charge < -0.3 is 14.6 Å². The maximum atomic E-state index is 12.6. The normalized spacial score (nSPS) is 17.4. The number of nitrogens with one attached hydrogen (secondary N) is 1. The quantitative estimate of drug-likeness (QED) is 0.892. The second kappa shape index (κ2) is 7.38. The van der Waals surface area contributed by atoms with Crippen LogP contribution in [-0.2, 0) is 17.5 Å². The average molecular weight is 355 g/mol.